The predicted octanol–water partition coefficient (Wildman–Crippen LogP) is 3.26. The first-order chi connectivity index (χ1) is 11.1. The molecule has 5 nitrogen and oxygen atoms in total. The SMILES string of the molecule is CN(C)c1ncccc1CNC(=O)c1cnc(-c2ccsc2)s1. The minimum Gasteiger partial charge on any atom is -0.362 e. The lowest BCUT2D eigenvalue weighted by atomic mass is 10.2. The summed E-state index contributed by atoms with van der Waals surface area (Å²) in [4.78, 5) is 23.5. The van der Waals surface area contributed by atoms with Gasteiger partial charge < -0.3 is 10.2 Å². The largest absolute Gasteiger partial charge is 0.362 e. The summed E-state index contributed by atoms with van der Waals surface area (Å²) in [6.07, 6.45) is 3.38. The van der Waals surface area contributed by atoms with Gasteiger partial charge in [-0.2, -0.15) is 11.3 Å². The van der Waals surface area contributed by atoms with E-state index >= 15 is 0 Å². The Bertz CT molecular complexity index is 796. The van der Waals surface area contributed by atoms with Crippen LogP contribution in [0, 0.1) is 0 Å². The topological polar surface area (TPSA) is 58.1 Å². The van der Waals surface area contributed by atoms with Crippen molar-refractivity contribution in [1.82, 2.24) is 15.3 Å². The molecule has 3 aromatic heterocycles. The van der Waals surface area contributed by atoms with E-state index in [1.54, 1.807) is 23.7 Å². The number of hydrogen-bond acceptors (Lipinski definition) is 6. The second kappa shape index (κ2) is 6.89. The van der Waals surface area contributed by atoms with Crippen LogP contribution in [-0.2, 0) is 6.54 Å². The fraction of sp³-hybridized carbons (Fsp3) is 0.188. The van der Waals surface area contributed by atoms with Crippen molar-refractivity contribution in [2.75, 3.05) is 19.0 Å². The van der Waals surface area contributed by atoms with Gasteiger partial charge in [-0.15, -0.1) is 11.3 Å². The average molecular weight is 344 g/mol. The van der Waals surface area contributed by atoms with Gasteiger partial charge in [-0.25, -0.2) is 9.97 Å². The first kappa shape index (κ1) is 15.6. The number of pyridine rings is 1. The highest BCUT2D eigenvalue weighted by Gasteiger charge is 2.13. The van der Waals surface area contributed by atoms with E-state index in [0.29, 0.717) is 11.4 Å². The quantitative estimate of drug-likeness (QED) is 0.772. The number of thiazole rings is 1. The molecule has 0 saturated heterocycles. The molecule has 0 aliphatic carbocycles. The van der Waals surface area contributed by atoms with Crippen LogP contribution in [0.3, 0.4) is 0 Å². The summed E-state index contributed by atoms with van der Waals surface area (Å²) in [6.45, 7) is 0.436. The third-order valence-corrected chi connectivity index (χ3v) is 4.96. The molecule has 0 aromatic carbocycles. The van der Waals surface area contributed by atoms with Crippen molar-refractivity contribution < 1.29 is 4.79 Å². The molecule has 3 aromatic rings. The number of amides is 1. The summed E-state index contributed by atoms with van der Waals surface area (Å²) in [5.74, 6) is 0.744. The van der Waals surface area contributed by atoms with Gasteiger partial charge >= 0.3 is 0 Å². The number of carbonyl (C=O) groups excluding carboxylic acids is 1. The molecule has 7 heteroatoms. The molecule has 23 heavy (non-hydrogen) atoms. The average Bonchev–Trinajstić information content (AvgIpc) is 3.23. The zero-order valence-electron chi connectivity index (χ0n) is 12.8. The van der Waals surface area contributed by atoms with Gasteiger partial charge in [0.15, 0.2) is 0 Å². The number of carbonyl (C=O) groups is 1. The number of anilines is 1. The molecule has 0 aliphatic heterocycles. The number of nitrogens with zero attached hydrogens (tertiary/aromatic N) is 3. The molecule has 0 aliphatic rings. The third kappa shape index (κ3) is 3.57. The standard InChI is InChI=1S/C16H16N4OS2/c1-20(2)14-11(4-3-6-17-14)8-18-15(21)13-9-19-16(23-13)12-5-7-22-10-12/h3-7,9-10H,8H2,1-2H3,(H,18,21). The number of nitrogens with one attached hydrogen (secondary N) is 1. The zero-order chi connectivity index (χ0) is 16.2. The van der Waals surface area contributed by atoms with Crippen molar-refractivity contribution in [2.24, 2.45) is 0 Å². The molecule has 3 rings (SSSR count). The molecule has 0 spiro atoms. The smallest absolute Gasteiger partial charge is 0.263 e. The summed E-state index contributed by atoms with van der Waals surface area (Å²) in [7, 11) is 3.87. The van der Waals surface area contributed by atoms with E-state index in [4.69, 9.17) is 0 Å². The lowest BCUT2D eigenvalue weighted by Crippen LogP contribution is -2.23. The third-order valence-electron chi connectivity index (χ3n) is 3.23. The van der Waals surface area contributed by atoms with Gasteiger partial charge in [0, 0.05) is 43.3 Å². The number of thiophene rings is 1. The maximum Gasteiger partial charge on any atom is 0.263 e. The second-order valence-electron chi connectivity index (χ2n) is 5.10. The fourth-order valence-corrected chi connectivity index (χ4v) is 3.68. The molecule has 0 atom stereocenters. The van der Waals surface area contributed by atoms with Crippen molar-refractivity contribution in [3.8, 4) is 10.6 Å². The summed E-state index contributed by atoms with van der Waals surface area (Å²) >= 11 is 3.02. The highest BCUT2D eigenvalue weighted by atomic mass is 32.1. The molecule has 1 N–H and O–H groups in total. The van der Waals surface area contributed by atoms with Crippen LogP contribution in [0.25, 0.3) is 10.6 Å². The maximum atomic E-state index is 12.3. The van der Waals surface area contributed by atoms with E-state index in [1.807, 2.05) is 48.0 Å². The van der Waals surface area contributed by atoms with Crippen LogP contribution >= 0.6 is 22.7 Å². The summed E-state index contributed by atoms with van der Waals surface area (Å²) < 4.78 is 0. The minimum atomic E-state index is -0.113. The van der Waals surface area contributed by atoms with Crippen molar-refractivity contribution in [3.63, 3.8) is 0 Å². The molecule has 118 valence electrons. The summed E-state index contributed by atoms with van der Waals surface area (Å²) in [5, 5.41) is 7.83. The van der Waals surface area contributed by atoms with Crippen LogP contribution in [-0.4, -0.2) is 30.0 Å². The normalized spacial score (nSPS) is 10.5. The molecule has 0 radical (unpaired) electrons. The van der Waals surface area contributed by atoms with Gasteiger partial charge in [-0.1, -0.05) is 6.07 Å². The Hall–Kier alpha value is -2.25. The van der Waals surface area contributed by atoms with Gasteiger partial charge in [0.05, 0.1) is 6.20 Å². The molecule has 0 bridgehead atoms. The highest BCUT2D eigenvalue weighted by Crippen LogP contribution is 2.27. The van der Waals surface area contributed by atoms with E-state index in [9.17, 15) is 4.79 Å². The van der Waals surface area contributed by atoms with Gasteiger partial charge in [-0.05, 0) is 17.5 Å². The van der Waals surface area contributed by atoms with Crippen molar-refractivity contribution >= 4 is 34.4 Å². The Labute approximate surface area is 142 Å². The van der Waals surface area contributed by atoms with Crippen LogP contribution in [0.15, 0.2) is 41.4 Å². The Kier molecular flexibility index (Phi) is 4.68. The molecule has 0 saturated carbocycles. The predicted molar refractivity (Wildman–Crippen MR) is 95.2 cm³/mol. The molecular weight excluding hydrogens is 328 g/mol. The van der Waals surface area contributed by atoms with Gasteiger partial charge in [0.2, 0.25) is 0 Å². The minimum absolute atomic E-state index is 0.113. The Morgan fingerprint density at radius 1 is 1.30 bits per heavy atom. The highest BCUT2D eigenvalue weighted by molar-refractivity contribution is 7.17. The monoisotopic (exact) mass is 344 g/mol. The molecule has 0 unspecified atom stereocenters. The number of aromatic nitrogens is 2. The zero-order valence-corrected chi connectivity index (χ0v) is 14.4. The van der Waals surface area contributed by atoms with Crippen molar-refractivity contribution in [1.29, 1.82) is 0 Å². The summed E-state index contributed by atoms with van der Waals surface area (Å²) in [5.41, 5.74) is 2.04. The fourth-order valence-electron chi connectivity index (χ4n) is 2.13. The molecule has 3 heterocycles. The Morgan fingerprint density at radius 2 is 2.17 bits per heavy atom. The first-order valence-electron chi connectivity index (χ1n) is 7.03. The molecule has 1 amide bonds. The van der Waals surface area contributed by atoms with Crippen molar-refractivity contribution in [2.45, 2.75) is 6.54 Å². The van der Waals surface area contributed by atoms with Crippen molar-refractivity contribution in [3.05, 3.63) is 51.8 Å². The van der Waals surface area contributed by atoms with E-state index < -0.39 is 0 Å². The first-order valence-corrected chi connectivity index (χ1v) is 8.79. The molecule has 0 fully saturated rings. The maximum absolute atomic E-state index is 12.3. The Balaban J connectivity index is 1.69. The van der Waals surface area contributed by atoms with Gasteiger partial charge in [-0.3, -0.25) is 4.79 Å². The van der Waals surface area contributed by atoms with E-state index in [0.717, 1.165) is 22.0 Å². The van der Waals surface area contributed by atoms with Crippen LogP contribution in [0.1, 0.15) is 15.2 Å². The number of rotatable bonds is 5. The molecular formula is C16H16N4OS2. The lowest BCUT2D eigenvalue weighted by molar-refractivity contribution is 0.0955. The van der Waals surface area contributed by atoms with E-state index in [-0.39, 0.29) is 5.91 Å². The van der Waals surface area contributed by atoms with Crippen LogP contribution in [0.4, 0.5) is 5.82 Å². The Morgan fingerprint density at radius 3 is 2.91 bits per heavy atom. The van der Waals surface area contributed by atoms with Gasteiger partial charge in [0.25, 0.3) is 5.91 Å². The number of hydrogen-bond donors (Lipinski definition) is 1. The second-order valence-corrected chi connectivity index (χ2v) is 6.92. The van der Waals surface area contributed by atoms with E-state index in [2.05, 4.69) is 15.3 Å². The van der Waals surface area contributed by atoms with Crippen LogP contribution in [0.2, 0.25) is 0 Å². The van der Waals surface area contributed by atoms with Crippen LogP contribution < -0.4 is 10.2 Å². The summed E-state index contributed by atoms with van der Waals surface area (Å²) in [6, 6.07) is 5.84. The van der Waals surface area contributed by atoms with Gasteiger partial charge in [0.1, 0.15) is 15.7 Å². The lowest BCUT2D eigenvalue weighted by Gasteiger charge is -2.15. The van der Waals surface area contributed by atoms with Crippen LogP contribution in [0.5, 0.6) is 0 Å². The van der Waals surface area contributed by atoms with E-state index in [1.165, 1.54) is 11.3 Å².